The van der Waals surface area contributed by atoms with Crippen LogP contribution in [0, 0.1) is 32.2 Å². The van der Waals surface area contributed by atoms with E-state index in [9.17, 15) is 14.4 Å². The van der Waals surface area contributed by atoms with E-state index < -0.39 is 35.6 Å². The molecule has 0 aliphatic heterocycles. The topological polar surface area (TPSA) is 97.0 Å². The molecule has 0 heterocycles. The fourth-order valence-electron chi connectivity index (χ4n) is 3.81. The normalized spacial score (nSPS) is 12.6. The highest BCUT2D eigenvalue weighted by atomic mass is 16.6. The number of ether oxygens (including phenoxy) is 2. The van der Waals surface area contributed by atoms with Crippen molar-refractivity contribution in [3.63, 3.8) is 0 Å². The van der Waals surface area contributed by atoms with Crippen LogP contribution in [-0.4, -0.2) is 41.6 Å². The predicted molar refractivity (Wildman–Crippen MR) is 149 cm³/mol. The summed E-state index contributed by atoms with van der Waals surface area (Å²) < 4.78 is 10.6. The van der Waals surface area contributed by atoms with Gasteiger partial charge < -0.3 is 20.1 Å². The minimum atomic E-state index is -1.15. The van der Waals surface area contributed by atoms with Gasteiger partial charge in [0.15, 0.2) is 0 Å². The molecule has 2 aromatic carbocycles. The van der Waals surface area contributed by atoms with E-state index in [-0.39, 0.29) is 5.92 Å². The van der Waals surface area contributed by atoms with Gasteiger partial charge in [0.25, 0.3) is 11.8 Å². The highest BCUT2D eigenvalue weighted by Gasteiger charge is 2.36. The monoisotopic (exact) mass is 521 g/mol. The lowest BCUT2D eigenvalue weighted by Crippen LogP contribution is -2.51. The Hall–Kier alpha value is -3.99. The van der Waals surface area contributed by atoms with Crippen molar-refractivity contribution in [2.75, 3.05) is 12.4 Å². The standard InChI is InChI=1S/C30H39N3O5/c1-10-33(28(35)25(17-19(2)3)32-29(36)38-30(6,7)8)26(22-12-11-20(4)21(5)18-22)27(34)31-23-13-15-24(37-9)16-14-23/h1,11-16,18-19,25-26H,17H2,2-9H3,(H,31,34)(H,32,36). The number of nitrogens with one attached hydrogen (secondary N) is 2. The summed E-state index contributed by atoms with van der Waals surface area (Å²) in [5.74, 6) is -0.393. The van der Waals surface area contributed by atoms with Crippen LogP contribution in [0.3, 0.4) is 0 Å². The molecule has 2 N–H and O–H groups in total. The third-order valence-corrected chi connectivity index (χ3v) is 5.78. The average molecular weight is 522 g/mol. The van der Waals surface area contributed by atoms with Gasteiger partial charge in [0.1, 0.15) is 23.4 Å². The molecule has 0 saturated carbocycles. The lowest BCUT2D eigenvalue weighted by molar-refractivity contribution is -0.137. The van der Waals surface area contributed by atoms with Crippen LogP contribution in [0.25, 0.3) is 0 Å². The second-order valence-electron chi connectivity index (χ2n) is 10.6. The number of alkyl carbamates (subject to hydrolysis) is 1. The molecule has 204 valence electrons. The summed E-state index contributed by atoms with van der Waals surface area (Å²) in [6, 6.07) is 12.6. The molecule has 3 amide bonds. The van der Waals surface area contributed by atoms with Crippen LogP contribution >= 0.6 is 0 Å². The minimum Gasteiger partial charge on any atom is -0.497 e. The number of carbonyl (C=O) groups is 3. The van der Waals surface area contributed by atoms with Gasteiger partial charge in [0.05, 0.1) is 7.11 Å². The third-order valence-electron chi connectivity index (χ3n) is 5.78. The lowest BCUT2D eigenvalue weighted by Gasteiger charge is -2.31. The second-order valence-corrected chi connectivity index (χ2v) is 10.6. The number of methoxy groups -OCH3 is 1. The molecule has 2 atom stereocenters. The summed E-state index contributed by atoms with van der Waals surface area (Å²) in [4.78, 5) is 41.1. The quantitative estimate of drug-likeness (QED) is 0.343. The maximum atomic E-state index is 13.8. The Balaban J connectivity index is 2.48. The van der Waals surface area contributed by atoms with Crippen LogP contribution in [0.2, 0.25) is 0 Å². The van der Waals surface area contributed by atoms with Crippen molar-refractivity contribution >= 4 is 23.6 Å². The number of amides is 3. The molecule has 2 rings (SSSR count). The van der Waals surface area contributed by atoms with E-state index in [0.29, 0.717) is 23.4 Å². The third kappa shape index (κ3) is 8.55. The minimum absolute atomic E-state index is 0.0479. The van der Waals surface area contributed by atoms with Gasteiger partial charge in [-0.25, -0.2) is 4.79 Å². The van der Waals surface area contributed by atoms with Crippen LogP contribution in [0.15, 0.2) is 42.5 Å². The number of aryl methyl sites for hydroxylation is 2. The molecule has 8 nitrogen and oxygen atoms in total. The number of hydrogen-bond acceptors (Lipinski definition) is 5. The summed E-state index contributed by atoms with van der Waals surface area (Å²) >= 11 is 0. The molecule has 0 radical (unpaired) electrons. The van der Waals surface area contributed by atoms with Gasteiger partial charge in [-0.3, -0.25) is 14.5 Å². The molecule has 0 aliphatic carbocycles. The molecular formula is C30H39N3O5. The Bertz CT molecular complexity index is 1180. The van der Waals surface area contributed by atoms with Gasteiger partial charge in [-0.05, 0) is 87.9 Å². The first-order chi connectivity index (χ1) is 17.7. The van der Waals surface area contributed by atoms with Crippen molar-refractivity contribution in [2.24, 2.45) is 5.92 Å². The van der Waals surface area contributed by atoms with Gasteiger partial charge in [0.2, 0.25) is 0 Å². The molecular weight excluding hydrogens is 482 g/mol. The summed E-state index contributed by atoms with van der Waals surface area (Å²) in [5.41, 5.74) is 2.29. The van der Waals surface area contributed by atoms with Crippen molar-refractivity contribution in [2.45, 2.75) is 72.6 Å². The fraction of sp³-hybridized carbons (Fsp3) is 0.433. The SMILES string of the molecule is C#CN(C(=O)C(CC(C)C)NC(=O)OC(C)(C)C)C(C(=O)Nc1ccc(OC)cc1)c1ccc(C)c(C)c1. The molecule has 0 saturated heterocycles. The van der Waals surface area contributed by atoms with Crippen LogP contribution in [0.5, 0.6) is 5.75 Å². The zero-order valence-electron chi connectivity index (χ0n) is 23.5. The van der Waals surface area contributed by atoms with E-state index in [1.54, 1.807) is 58.2 Å². The highest BCUT2D eigenvalue weighted by molar-refractivity contribution is 5.99. The first-order valence-corrected chi connectivity index (χ1v) is 12.6. The number of hydrogen-bond donors (Lipinski definition) is 2. The number of benzene rings is 2. The maximum Gasteiger partial charge on any atom is 0.408 e. The second kappa shape index (κ2) is 13.0. The molecule has 8 heteroatoms. The lowest BCUT2D eigenvalue weighted by atomic mass is 9.97. The molecule has 38 heavy (non-hydrogen) atoms. The van der Waals surface area contributed by atoms with Crippen LogP contribution in [0.4, 0.5) is 10.5 Å². The largest absolute Gasteiger partial charge is 0.497 e. The van der Waals surface area contributed by atoms with Crippen molar-refractivity contribution in [3.05, 3.63) is 59.2 Å². The summed E-state index contributed by atoms with van der Waals surface area (Å²) in [6.07, 6.45) is 5.43. The number of nitrogens with zero attached hydrogens (tertiary/aromatic N) is 1. The zero-order chi connectivity index (χ0) is 28.6. The van der Waals surface area contributed by atoms with Crippen molar-refractivity contribution in [3.8, 4) is 18.2 Å². The first-order valence-electron chi connectivity index (χ1n) is 12.6. The van der Waals surface area contributed by atoms with Gasteiger partial charge in [-0.2, -0.15) is 0 Å². The molecule has 0 bridgehead atoms. The van der Waals surface area contributed by atoms with Crippen LogP contribution < -0.4 is 15.4 Å². The van der Waals surface area contributed by atoms with Crippen molar-refractivity contribution in [1.29, 1.82) is 0 Å². The Kier molecular flexibility index (Phi) is 10.3. The van der Waals surface area contributed by atoms with Crippen molar-refractivity contribution in [1.82, 2.24) is 10.2 Å². The number of rotatable bonds is 9. The molecule has 0 aliphatic rings. The highest BCUT2D eigenvalue weighted by Crippen LogP contribution is 2.27. The Labute approximate surface area is 226 Å². The molecule has 0 fully saturated rings. The molecule has 0 spiro atoms. The van der Waals surface area contributed by atoms with E-state index in [1.807, 2.05) is 39.8 Å². The van der Waals surface area contributed by atoms with Crippen LogP contribution in [-0.2, 0) is 14.3 Å². The predicted octanol–water partition coefficient (Wildman–Crippen LogP) is 5.35. The fourth-order valence-corrected chi connectivity index (χ4v) is 3.81. The van der Waals surface area contributed by atoms with E-state index >= 15 is 0 Å². The Morgan fingerprint density at radius 2 is 1.66 bits per heavy atom. The van der Waals surface area contributed by atoms with Crippen LogP contribution in [0.1, 0.15) is 63.8 Å². The molecule has 2 unspecified atom stereocenters. The Morgan fingerprint density at radius 3 is 2.16 bits per heavy atom. The van der Waals surface area contributed by atoms with E-state index in [0.717, 1.165) is 16.0 Å². The van der Waals surface area contributed by atoms with Gasteiger partial charge >= 0.3 is 6.09 Å². The molecule has 2 aromatic rings. The average Bonchev–Trinajstić information content (AvgIpc) is 2.82. The number of terminal acetylenes is 1. The molecule has 0 aromatic heterocycles. The van der Waals surface area contributed by atoms with E-state index in [1.165, 1.54) is 0 Å². The van der Waals surface area contributed by atoms with E-state index in [2.05, 4.69) is 16.7 Å². The summed E-state index contributed by atoms with van der Waals surface area (Å²) in [5, 5.41) is 5.51. The van der Waals surface area contributed by atoms with Crippen molar-refractivity contribution < 1.29 is 23.9 Å². The number of carbonyl (C=O) groups excluding carboxylic acids is 3. The van der Waals surface area contributed by atoms with Gasteiger partial charge in [-0.1, -0.05) is 38.5 Å². The van der Waals surface area contributed by atoms with Gasteiger partial charge in [0, 0.05) is 11.7 Å². The summed E-state index contributed by atoms with van der Waals surface area (Å²) in [6.45, 7) is 12.9. The summed E-state index contributed by atoms with van der Waals surface area (Å²) in [7, 11) is 1.55. The maximum absolute atomic E-state index is 13.8. The Morgan fingerprint density at radius 1 is 1.03 bits per heavy atom. The van der Waals surface area contributed by atoms with E-state index in [4.69, 9.17) is 15.9 Å². The van der Waals surface area contributed by atoms with Gasteiger partial charge in [-0.15, -0.1) is 0 Å². The smallest absolute Gasteiger partial charge is 0.408 e. The number of anilines is 1. The zero-order valence-corrected chi connectivity index (χ0v) is 23.5. The first kappa shape index (κ1) is 30.2.